The second-order valence-electron chi connectivity index (χ2n) is 3.55. The first-order chi connectivity index (χ1) is 7.84. The number of anilines is 1. The van der Waals surface area contributed by atoms with E-state index >= 15 is 0 Å². The maximum atomic E-state index is 12.8. The third kappa shape index (κ3) is 4.39. The average molecular weight is 329 g/mol. The van der Waals surface area contributed by atoms with Crippen LogP contribution >= 0.6 is 27.7 Å². The van der Waals surface area contributed by atoms with Crippen LogP contribution in [0, 0.1) is 0 Å². The van der Waals surface area contributed by atoms with E-state index in [1.807, 2.05) is 13.2 Å². The summed E-state index contributed by atoms with van der Waals surface area (Å²) in [5.41, 5.74) is -0.750. The van der Waals surface area contributed by atoms with Gasteiger partial charge in [-0.1, -0.05) is 0 Å². The van der Waals surface area contributed by atoms with Crippen LogP contribution in [-0.4, -0.2) is 23.0 Å². The molecule has 17 heavy (non-hydrogen) atoms. The molecule has 0 radical (unpaired) electrons. The maximum absolute atomic E-state index is 12.8. The van der Waals surface area contributed by atoms with Gasteiger partial charge in [-0.15, -0.1) is 0 Å². The van der Waals surface area contributed by atoms with E-state index in [1.165, 1.54) is 6.20 Å². The van der Waals surface area contributed by atoms with Crippen LogP contribution in [-0.2, 0) is 6.18 Å². The first-order valence-corrected chi connectivity index (χ1v) is 7.01. The summed E-state index contributed by atoms with van der Waals surface area (Å²) < 4.78 is 38.6. The molecular weight excluding hydrogens is 317 g/mol. The van der Waals surface area contributed by atoms with Gasteiger partial charge in [0.15, 0.2) is 0 Å². The lowest BCUT2D eigenvalue weighted by atomic mass is 10.2. The topological polar surface area (TPSA) is 24.9 Å². The van der Waals surface area contributed by atoms with E-state index in [0.29, 0.717) is 4.47 Å². The minimum atomic E-state index is -4.40. The van der Waals surface area contributed by atoms with Crippen LogP contribution in [0.4, 0.5) is 19.0 Å². The van der Waals surface area contributed by atoms with Gasteiger partial charge in [0.05, 0.1) is 5.56 Å². The van der Waals surface area contributed by atoms with Crippen LogP contribution in [0.2, 0.25) is 0 Å². The molecular formula is C10H12BrF3N2S. The minimum Gasteiger partial charge on any atom is -0.366 e. The number of hydrogen-bond donors (Lipinski definition) is 1. The molecule has 1 rings (SSSR count). The number of nitrogens with zero attached hydrogens (tertiary/aromatic N) is 1. The van der Waals surface area contributed by atoms with Crippen molar-refractivity contribution in [3.05, 3.63) is 22.3 Å². The molecule has 96 valence electrons. The summed E-state index contributed by atoms with van der Waals surface area (Å²) in [4.78, 5) is 3.78. The number of hydrogen-bond acceptors (Lipinski definition) is 3. The van der Waals surface area contributed by atoms with Gasteiger partial charge in [-0.3, -0.25) is 0 Å². The molecule has 0 saturated carbocycles. The van der Waals surface area contributed by atoms with Crippen molar-refractivity contribution in [2.45, 2.75) is 19.1 Å². The van der Waals surface area contributed by atoms with Crippen LogP contribution in [0.15, 0.2) is 16.7 Å². The van der Waals surface area contributed by atoms with Gasteiger partial charge in [0.1, 0.15) is 5.82 Å². The fraction of sp³-hybridized carbons (Fsp3) is 0.500. The van der Waals surface area contributed by atoms with E-state index in [9.17, 15) is 13.2 Å². The summed E-state index contributed by atoms with van der Waals surface area (Å²) >= 11 is 4.56. The highest BCUT2D eigenvalue weighted by Crippen LogP contribution is 2.35. The van der Waals surface area contributed by atoms with Crippen LogP contribution in [0.3, 0.4) is 0 Å². The van der Waals surface area contributed by atoms with Crippen molar-refractivity contribution in [3.63, 3.8) is 0 Å². The molecule has 0 aliphatic carbocycles. The number of aromatic nitrogens is 1. The predicted octanol–water partition coefficient (Wildman–Crippen LogP) is 4.03. The van der Waals surface area contributed by atoms with Gasteiger partial charge in [0.2, 0.25) is 0 Å². The molecule has 1 atom stereocenters. The van der Waals surface area contributed by atoms with Gasteiger partial charge in [-0.05, 0) is 35.2 Å². The molecule has 2 nitrogen and oxygen atoms in total. The highest BCUT2D eigenvalue weighted by molar-refractivity contribution is 9.10. The zero-order valence-electron chi connectivity index (χ0n) is 9.31. The molecule has 0 aliphatic heterocycles. The molecule has 0 fully saturated rings. The SMILES string of the molecule is CSCC(C)Nc1ncc(Br)cc1C(F)(F)F. The molecule has 1 unspecified atom stereocenters. The molecule has 0 aliphatic rings. The van der Waals surface area contributed by atoms with Gasteiger partial charge in [-0.2, -0.15) is 24.9 Å². The molecule has 1 heterocycles. The summed E-state index contributed by atoms with van der Waals surface area (Å²) in [6.07, 6.45) is -1.15. The second-order valence-corrected chi connectivity index (χ2v) is 5.37. The first-order valence-electron chi connectivity index (χ1n) is 4.82. The van der Waals surface area contributed by atoms with Crippen LogP contribution < -0.4 is 5.32 Å². The zero-order valence-corrected chi connectivity index (χ0v) is 11.7. The molecule has 1 aromatic rings. The molecule has 7 heteroatoms. The Labute approximate surface area is 111 Å². The van der Waals surface area contributed by atoms with Crippen LogP contribution in [0.25, 0.3) is 0 Å². The molecule has 0 spiro atoms. The lowest BCUT2D eigenvalue weighted by Crippen LogP contribution is -2.21. The lowest BCUT2D eigenvalue weighted by molar-refractivity contribution is -0.137. The van der Waals surface area contributed by atoms with Crippen molar-refractivity contribution in [2.24, 2.45) is 0 Å². The largest absolute Gasteiger partial charge is 0.419 e. The third-order valence-electron chi connectivity index (χ3n) is 1.96. The van der Waals surface area contributed by atoms with Crippen molar-refractivity contribution < 1.29 is 13.2 Å². The summed E-state index contributed by atoms with van der Waals surface area (Å²) in [5.74, 6) is 0.594. The minimum absolute atomic E-state index is 0.0697. The highest BCUT2D eigenvalue weighted by Gasteiger charge is 2.34. The predicted molar refractivity (Wildman–Crippen MR) is 68.4 cm³/mol. The molecule has 0 amide bonds. The van der Waals surface area contributed by atoms with Crippen molar-refractivity contribution in [1.29, 1.82) is 0 Å². The molecule has 0 saturated heterocycles. The van der Waals surface area contributed by atoms with Crippen LogP contribution in [0.1, 0.15) is 12.5 Å². The lowest BCUT2D eigenvalue weighted by Gasteiger charge is -2.17. The molecule has 0 aromatic carbocycles. The standard InChI is InChI=1S/C10H12BrF3N2S/c1-6(5-17-2)16-9-8(10(12,13)14)3-7(11)4-15-9/h3-4,6H,5H2,1-2H3,(H,15,16). The monoisotopic (exact) mass is 328 g/mol. The van der Waals surface area contributed by atoms with Gasteiger partial charge in [-0.25, -0.2) is 4.98 Å². The normalized spacial score (nSPS) is 13.5. The van der Waals surface area contributed by atoms with E-state index in [2.05, 4.69) is 26.2 Å². The Balaban J connectivity index is 2.99. The van der Waals surface area contributed by atoms with Gasteiger partial charge >= 0.3 is 6.18 Å². The van der Waals surface area contributed by atoms with Crippen molar-refractivity contribution in [1.82, 2.24) is 4.98 Å². The number of alkyl halides is 3. The Hall–Kier alpha value is -0.430. The Morgan fingerprint density at radius 3 is 2.71 bits per heavy atom. The molecule has 1 aromatic heterocycles. The Kier molecular flexibility index (Phi) is 5.12. The van der Waals surface area contributed by atoms with Gasteiger partial charge in [0.25, 0.3) is 0 Å². The highest BCUT2D eigenvalue weighted by atomic mass is 79.9. The average Bonchev–Trinajstić information content (AvgIpc) is 2.19. The Morgan fingerprint density at radius 1 is 1.53 bits per heavy atom. The summed E-state index contributed by atoms with van der Waals surface area (Å²) in [6, 6.07) is 0.959. The quantitative estimate of drug-likeness (QED) is 0.903. The zero-order chi connectivity index (χ0) is 13.1. The fourth-order valence-corrected chi connectivity index (χ4v) is 2.21. The summed E-state index contributed by atoms with van der Waals surface area (Å²) in [7, 11) is 0. The van der Waals surface area contributed by atoms with Crippen molar-refractivity contribution >= 4 is 33.5 Å². The smallest absolute Gasteiger partial charge is 0.366 e. The van der Waals surface area contributed by atoms with E-state index in [0.717, 1.165) is 11.8 Å². The van der Waals surface area contributed by atoms with Gasteiger partial charge < -0.3 is 5.32 Å². The summed E-state index contributed by atoms with van der Waals surface area (Å²) in [6.45, 7) is 1.82. The van der Waals surface area contributed by atoms with Gasteiger partial charge in [0, 0.05) is 22.5 Å². The number of pyridine rings is 1. The Bertz CT molecular complexity index is 384. The number of halogens is 4. The van der Waals surface area contributed by atoms with Crippen molar-refractivity contribution in [3.8, 4) is 0 Å². The maximum Gasteiger partial charge on any atom is 0.419 e. The van der Waals surface area contributed by atoms with E-state index in [-0.39, 0.29) is 11.9 Å². The van der Waals surface area contributed by atoms with E-state index < -0.39 is 11.7 Å². The fourth-order valence-electron chi connectivity index (χ4n) is 1.30. The third-order valence-corrected chi connectivity index (χ3v) is 3.23. The molecule has 0 bridgehead atoms. The van der Waals surface area contributed by atoms with E-state index in [4.69, 9.17) is 0 Å². The number of thioether (sulfide) groups is 1. The van der Waals surface area contributed by atoms with E-state index in [1.54, 1.807) is 11.8 Å². The van der Waals surface area contributed by atoms with Crippen LogP contribution in [0.5, 0.6) is 0 Å². The first kappa shape index (κ1) is 14.6. The van der Waals surface area contributed by atoms with Crippen molar-refractivity contribution in [2.75, 3.05) is 17.3 Å². The summed E-state index contributed by atoms with van der Waals surface area (Å²) in [5, 5.41) is 2.77. The molecule has 1 N–H and O–H groups in total. The number of rotatable bonds is 4. The second kappa shape index (κ2) is 5.95. The number of nitrogens with one attached hydrogen (secondary N) is 1. The Morgan fingerprint density at radius 2 is 2.18 bits per heavy atom.